The van der Waals surface area contributed by atoms with E-state index in [4.69, 9.17) is 9.47 Å². The van der Waals surface area contributed by atoms with Crippen molar-refractivity contribution in [1.82, 2.24) is 4.57 Å². The van der Waals surface area contributed by atoms with Gasteiger partial charge in [-0.2, -0.15) is 0 Å². The van der Waals surface area contributed by atoms with Gasteiger partial charge in [0, 0.05) is 12.2 Å². The molecule has 0 unspecified atom stereocenters. The fourth-order valence-corrected chi connectivity index (χ4v) is 2.77. The number of benzene rings is 1. The van der Waals surface area contributed by atoms with Gasteiger partial charge in [0.1, 0.15) is 5.75 Å². The van der Waals surface area contributed by atoms with E-state index in [1.807, 2.05) is 11.5 Å². The highest BCUT2D eigenvalue weighted by atomic mass is 16.5. The highest BCUT2D eigenvalue weighted by Gasteiger charge is 2.29. The van der Waals surface area contributed by atoms with Gasteiger partial charge in [0.15, 0.2) is 0 Å². The number of rotatable bonds is 6. The van der Waals surface area contributed by atoms with Gasteiger partial charge < -0.3 is 19.1 Å². The first-order valence-corrected chi connectivity index (χ1v) is 7.78. The molecule has 1 aromatic heterocycles. The molecule has 1 fully saturated rings. The van der Waals surface area contributed by atoms with E-state index in [0.717, 1.165) is 12.8 Å². The summed E-state index contributed by atoms with van der Waals surface area (Å²) in [6.07, 6.45) is 3.66. The van der Waals surface area contributed by atoms with E-state index in [0.29, 0.717) is 28.8 Å². The van der Waals surface area contributed by atoms with Gasteiger partial charge >= 0.3 is 11.9 Å². The van der Waals surface area contributed by atoms with Crippen LogP contribution in [0.15, 0.2) is 18.3 Å². The van der Waals surface area contributed by atoms with Crippen molar-refractivity contribution in [2.45, 2.75) is 32.7 Å². The molecule has 1 N–H and O–H groups in total. The van der Waals surface area contributed by atoms with Crippen molar-refractivity contribution in [2.24, 2.45) is 0 Å². The van der Waals surface area contributed by atoms with Gasteiger partial charge in [0.2, 0.25) is 0 Å². The molecule has 1 aromatic carbocycles. The monoisotopic (exact) mass is 317 g/mol. The first-order chi connectivity index (χ1) is 11.1. The fraction of sp³-hybridized carbons (Fsp3) is 0.412. The van der Waals surface area contributed by atoms with Crippen molar-refractivity contribution in [3.05, 3.63) is 29.5 Å². The van der Waals surface area contributed by atoms with Crippen molar-refractivity contribution < 1.29 is 24.2 Å². The topological polar surface area (TPSA) is 77.8 Å². The number of nitrogens with zero attached hydrogens (tertiary/aromatic N) is 1. The van der Waals surface area contributed by atoms with Crippen LogP contribution >= 0.6 is 0 Å². The Balaban J connectivity index is 2.25. The molecule has 6 nitrogen and oxygen atoms in total. The van der Waals surface area contributed by atoms with Gasteiger partial charge in [-0.1, -0.05) is 0 Å². The van der Waals surface area contributed by atoms with Gasteiger partial charge in [-0.25, -0.2) is 9.59 Å². The van der Waals surface area contributed by atoms with Gasteiger partial charge in [0.05, 0.1) is 35.2 Å². The van der Waals surface area contributed by atoms with Crippen LogP contribution in [0.3, 0.4) is 0 Å². The summed E-state index contributed by atoms with van der Waals surface area (Å²) in [6.45, 7) is 4.23. The first kappa shape index (κ1) is 15.4. The lowest BCUT2D eigenvalue weighted by atomic mass is 10.1. The van der Waals surface area contributed by atoms with E-state index >= 15 is 0 Å². The van der Waals surface area contributed by atoms with Crippen LogP contribution < -0.4 is 4.74 Å². The molecule has 0 atom stereocenters. The quantitative estimate of drug-likeness (QED) is 0.827. The molecule has 0 saturated heterocycles. The molecule has 1 aliphatic carbocycles. The number of ether oxygens (including phenoxy) is 2. The van der Waals surface area contributed by atoms with Crippen molar-refractivity contribution >= 4 is 22.8 Å². The minimum Gasteiger partial charge on any atom is -0.493 e. The lowest BCUT2D eigenvalue weighted by molar-refractivity contribution is 0.0525. The molecule has 122 valence electrons. The second-order valence-corrected chi connectivity index (χ2v) is 5.51. The second-order valence-electron chi connectivity index (χ2n) is 5.51. The maximum atomic E-state index is 12.1. The van der Waals surface area contributed by atoms with Crippen molar-refractivity contribution in [3.8, 4) is 5.75 Å². The summed E-state index contributed by atoms with van der Waals surface area (Å²) >= 11 is 0. The van der Waals surface area contributed by atoms with Gasteiger partial charge in [-0.3, -0.25) is 0 Å². The second kappa shape index (κ2) is 5.95. The van der Waals surface area contributed by atoms with Crippen molar-refractivity contribution in [3.63, 3.8) is 0 Å². The number of esters is 1. The van der Waals surface area contributed by atoms with E-state index in [1.54, 1.807) is 25.3 Å². The molecule has 3 rings (SSSR count). The Bertz CT molecular complexity index is 773. The molecule has 0 radical (unpaired) electrons. The predicted octanol–water partition coefficient (Wildman–Crippen LogP) is 3.25. The number of carboxylic acid groups (broad SMARTS) is 1. The van der Waals surface area contributed by atoms with E-state index in [1.165, 1.54) is 0 Å². The SMILES string of the molecule is CCOC(=O)c1cc(OCC)c2c(C(=O)O)cn(C3CC3)c2c1. The zero-order valence-corrected chi connectivity index (χ0v) is 13.2. The molecule has 6 heteroatoms. The van der Waals surface area contributed by atoms with Crippen LogP contribution in [0.5, 0.6) is 5.75 Å². The first-order valence-electron chi connectivity index (χ1n) is 7.78. The third-order valence-electron chi connectivity index (χ3n) is 3.88. The summed E-state index contributed by atoms with van der Waals surface area (Å²) in [4.78, 5) is 23.7. The van der Waals surface area contributed by atoms with Crippen LogP contribution in [0.4, 0.5) is 0 Å². The molecule has 0 spiro atoms. The van der Waals surface area contributed by atoms with Crippen LogP contribution in [0.25, 0.3) is 10.9 Å². The third kappa shape index (κ3) is 2.76. The standard InChI is InChI=1S/C17H19NO5/c1-3-22-14-8-10(17(21)23-4-2)7-13-15(14)12(16(19)20)9-18(13)11-5-6-11/h7-9,11H,3-6H2,1-2H3,(H,19,20). The normalized spacial score (nSPS) is 14.0. The minimum absolute atomic E-state index is 0.200. The lowest BCUT2D eigenvalue weighted by Gasteiger charge is -2.10. The largest absolute Gasteiger partial charge is 0.493 e. The highest BCUT2D eigenvalue weighted by Crippen LogP contribution is 2.42. The lowest BCUT2D eigenvalue weighted by Crippen LogP contribution is -2.06. The molecule has 0 aliphatic heterocycles. The predicted molar refractivity (Wildman–Crippen MR) is 84.3 cm³/mol. The summed E-state index contributed by atoms with van der Waals surface area (Å²) in [5.41, 5.74) is 1.28. The Hall–Kier alpha value is -2.50. The molecule has 0 amide bonds. The van der Waals surface area contributed by atoms with Gasteiger partial charge in [-0.05, 0) is 38.8 Å². The zero-order valence-electron chi connectivity index (χ0n) is 13.2. The van der Waals surface area contributed by atoms with Crippen LogP contribution in [-0.4, -0.2) is 34.8 Å². The number of hydrogen-bond donors (Lipinski definition) is 1. The Morgan fingerprint density at radius 3 is 2.57 bits per heavy atom. The molecule has 1 aliphatic rings. The number of carboxylic acids is 1. The van der Waals surface area contributed by atoms with Crippen molar-refractivity contribution in [1.29, 1.82) is 0 Å². The van der Waals surface area contributed by atoms with Crippen LogP contribution in [0, 0.1) is 0 Å². The maximum Gasteiger partial charge on any atom is 0.338 e. The van der Waals surface area contributed by atoms with E-state index in [-0.39, 0.29) is 18.2 Å². The Kier molecular flexibility index (Phi) is 3.98. The Labute approximate surface area is 133 Å². The number of fused-ring (bicyclic) bond motifs is 1. The Morgan fingerprint density at radius 2 is 2.00 bits per heavy atom. The van der Waals surface area contributed by atoms with E-state index in [2.05, 4.69) is 0 Å². The van der Waals surface area contributed by atoms with E-state index < -0.39 is 11.9 Å². The third-order valence-corrected chi connectivity index (χ3v) is 3.88. The highest BCUT2D eigenvalue weighted by molar-refractivity contribution is 6.08. The molecular weight excluding hydrogens is 298 g/mol. The number of aromatic nitrogens is 1. The van der Waals surface area contributed by atoms with Crippen LogP contribution in [0.1, 0.15) is 53.4 Å². The van der Waals surface area contributed by atoms with E-state index in [9.17, 15) is 14.7 Å². The average Bonchev–Trinajstić information content (AvgIpc) is 3.27. The average molecular weight is 317 g/mol. The smallest absolute Gasteiger partial charge is 0.338 e. The van der Waals surface area contributed by atoms with Gasteiger partial charge in [-0.15, -0.1) is 0 Å². The molecule has 1 saturated carbocycles. The summed E-state index contributed by atoms with van der Waals surface area (Å²) in [5, 5.41) is 10.0. The molecular formula is C17H19NO5. The molecule has 23 heavy (non-hydrogen) atoms. The number of aromatic carboxylic acids is 1. The number of hydrogen-bond acceptors (Lipinski definition) is 4. The van der Waals surface area contributed by atoms with Crippen LogP contribution in [0.2, 0.25) is 0 Å². The Morgan fingerprint density at radius 1 is 1.26 bits per heavy atom. The molecule has 2 aromatic rings. The van der Waals surface area contributed by atoms with Crippen LogP contribution in [-0.2, 0) is 4.74 Å². The summed E-state index contributed by atoms with van der Waals surface area (Å²) in [5.74, 6) is -1.03. The number of carbonyl (C=O) groups is 2. The van der Waals surface area contributed by atoms with Gasteiger partial charge in [0.25, 0.3) is 0 Å². The number of carbonyl (C=O) groups excluding carboxylic acids is 1. The summed E-state index contributed by atoms with van der Waals surface area (Å²) in [6, 6.07) is 3.55. The molecule has 0 bridgehead atoms. The zero-order chi connectivity index (χ0) is 16.6. The maximum absolute atomic E-state index is 12.1. The summed E-state index contributed by atoms with van der Waals surface area (Å²) < 4.78 is 12.6. The minimum atomic E-state index is -1.00. The fourth-order valence-electron chi connectivity index (χ4n) is 2.77. The summed E-state index contributed by atoms with van der Waals surface area (Å²) in [7, 11) is 0. The molecule has 1 heterocycles. The van der Waals surface area contributed by atoms with Crippen molar-refractivity contribution in [2.75, 3.05) is 13.2 Å².